The molecule has 0 amide bonds. The Bertz CT molecular complexity index is 599. The number of aromatic nitrogens is 2. The molecule has 5 nitrogen and oxygen atoms in total. The number of rotatable bonds is 7. The second-order valence-electron chi connectivity index (χ2n) is 5.20. The van der Waals surface area contributed by atoms with Gasteiger partial charge in [0, 0.05) is 11.9 Å². The highest BCUT2D eigenvalue weighted by molar-refractivity contribution is 7.18. The quantitative estimate of drug-likeness (QED) is 0.732. The van der Waals surface area contributed by atoms with Gasteiger partial charge in [-0.3, -0.25) is 0 Å². The SMILES string of the molecule is CCc1cc2c(NC(CC)(CC)CO)nc(NC)nc2s1. The molecular formula is C15H24N4OS. The number of nitrogens with zero attached hydrogens (tertiary/aromatic N) is 2. The fourth-order valence-electron chi connectivity index (χ4n) is 2.29. The lowest BCUT2D eigenvalue weighted by Gasteiger charge is -2.31. The van der Waals surface area contributed by atoms with Crippen LogP contribution in [0.15, 0.2) is 6.07 Å². The van der Waals surface area contributed by atoms with Crippen molar-refractivity contribution < 1.29 is 5.11 Å². The highest BCUT2D eigenvalue weighted by atomic mass is 32.1. The normalized spacial score (nSPS) is 11.9. The van der Waals surface area contributed by atoms with E-state index in [9.17, 15) is 5.11 Å². The molecule has 0 radical (unpaired) electrons. The molecule has 0 aliphatic rings. The van der Waals surface area contributed by atoms with E-state index >= 15 is 0 Å². The van der Waals surface area contributed by atoms with Crippen molar-refractivity contribution in [2.75, 3.05) is 24.3 Å². The van der Waals surface area contributed by atoms with Crippen LogP contribution < -0.4 is 10.6 Å². The molecule has 2 heterocycles. The summed E-state index contributed by atoms with van der Waals surface area (Å²) in [6.45, 7) is 6.38. The second-order valence-corrected chi connectivity index (χ2v) is 6.32. The zero-order chi connectivity index (χ0) is 15.5. The standard InChI is InChI=1S/C15H24N4OS/c1-5-10-8-11-12(19-15(6-2,7-3)9-20)17-14(16-4)18-13(11)21-10/h8,20H,5-7,9H2,1-4H3,(H2,16,17,18,19). The Morgan fingerprint density at radius 2 is 1.95 bits per heavy atom. The summed E-state index contributed by atoms with van der Waals surface area (Å²) in [6, 6.07) is 2.15. The highest BCUT2D eigenvalue weighted by Crippen LogP contribution is 2.32. The van der Waals surface area contributed by atoms with Gasteiger partial charge in [0.05, 0.1) is 17.5 Å². The first kappa shape index (κ1) is 16.0. The average molecular weight is 308 g/mol. The molecule has 0 saturated carbocycles. The Balaban J connectivity index is 2.52. The molecule has 0 unspecified atom stereocenters. The first-order valence-electron chi connectivity index (χ1n) is 7.48. The van der Waals surface area contributed by atoms with Gasteiger partial charge in [0.1, 0.15) is 10.6 Å². The molecule has 2 rings (SSSR count). The van der Waals surface area contributed by atoms with Crippen LogP contribution in [0.5, 0.6) is 0 Å². The number of aliphatic hydroxyl groups is 1. The number of thiophene rings is 1. The number of fused-ring (bicyclic) bond motifs is 1. The maximum atomic E-state index is 9.77. The van der Waals surface area contributed by atoms with E-state index in [0.29, 0.717) is 5.95 Å². The largest absolute Gasteiger partial charge is 0.394 e. The Labute approximate surface area is 129 Å². The minimum absolute atomic E-state index is 0.0884. The van der Waals surface area contributed by atoms with E-state index in [1.165, 1.54) is 4.88 Å². The molecule has 0 spiro atoms. The minimum atomic E-state index is -0.333. The lowest BCUT2D eigenvalue weighted by molar-refractivity contribution is 0.202. The van der Waals surface area contributed by atoms with Gasteiger partial charge in [0.25, 0.3) is 0 Å². The van der Waals surface area contributed by atoms with E-state index in [1.54, 1.807) is 11.3 Å². The molecule has 6 heteroatoms. The average Bonchev–Trinajstić information content (AvgIpc) is 2.95. The van der Waals surface area contributed by atoms with Crippen molar-refractivity contribution in [2.45, 2.75) is 45.6 Å². The van der Waals surface area contributed by atoms with Gasteiger partial charge in [-0.25, -0.2) is 4.98 Å². The summed E-state index contributed by atoms with van der Waals surface area (Å²) in [4.78, 5) is 11.4. The van der Waals surface area contributed by atoms with Gasteiger partial charge in [-0.05, 0) is 25.3 Å². The van der Waals surface area contributed by atoms with E-state index in [2.05, 4.69) is 47.4 Å². The van der Waals surface area contributed by atoms with Gasteiger partial charge < -0.3 is 15.7 Å². The molecular weight excluding hydrogens is 284 g/mol. The Morgan fingerprint density at radius 1 is 1.24 bits per heavy atom. The zero-order valence-corrected chi connectivity index (χ0v) is 14.0. The number of nitrogens with one attached hydrogen (secondary N) is 2. The van der Waals surface area contributed by atoms with Crippen molar-refractivity contribution in [3.05, 3.63) is 10.9 Å². The maximum Gasteiger partial charge on any atom is 0.225 e. The van der Waals surface area contributed by atoms with Crippen molar-refractivity contribution in [3.8, 4) is 0 Å². The Morgan fingerprint density at radius 3 is 2.48 bits per heavy atom. The van der Waals surface area contributed by atoms with Crippen LogP contribution in [0.4, 0.5) is 11.8 Å². The second kappa shape index (κ2) is 6.58. The number of anilines is 2. The lowest BCUT2D eigenvalue weighted by atomic mass is 9.94. The molecule has 116 valence electrons. The molecule has 0 bridgehead atoms. The predicted molar refractivity (Wildman–Crippen MR) is 90.4 cm³/mol. The number of aliphatic hydroxyl groups excluding tert-OH is 1. The molecule has 21 heavy (non-hydrogen) atoms. The van der Waals surface area contributed by atoms with Gasteiger partial charge >= 0.3 is 0 Å². The minimum Gasteiger partial charge on any atom is -0.394 e. The van der Waals surface area contributed by atoms with E-state index in [0.717, 1.165) is 35.3 Å². The monoisotopic (exact) mass is 308 g/mol. The number of aryl methyl sites for hydroxylation is 1. The summed E-state index contributed by atoms with van der Waals surface area (Å²) >= 11 is 1.70. The van der Waals surface area contributed by atoms with E-state index in [-0.39, 0.29) is 12.1 Å². The van der Waals surface area contributed by atoms with Crippen molar-refractivity contribution >= 4 is 33.3 Å². The zero-order valence-electron chi connectivity index (χ0n) is 13.2. The maximum absolute atomic E-state index is 9.77. The predicted octanol–water partition coefficient (Wildman–Crippen LogP) is 3.26. The molecule has 0 aliphatic heterocycles. The molecule has 0 aliphatic carbocycles. The van der Waals surface area contributed by atoms with Crippen molar-refractivity contribution in [1.82, 2.24) is 9.97 Å². The van der Waals surface area contributed by atoms with E-state index in [4.69, 9.17) is 0 Å². The van der Waals surface area contributed by atoms with Gasteiger partial charge in [-0.2, -0.15) is 4.98 Å². The summed E-state index contributed by atoms with van der Waals surface area (Å²) in [5.41, 5.74) is -0.333. The van der Waals surface area contributed by atoms with Crippen LogP contribution in [0.25, 0.3) is 10.2 Å². The van der Waals surface area contributed by atoms with E-state index in [1.807, 2.05) is 7.05 Å². The third-order valence-electron chi connectivity index (χ3n) is 4.06. The highest BCUT2D eigenvalue weighted by Gasteiger charge is 2.26. The fourth-order valence-corrected chi connectivity index (χ4v) is 3.26. The summed E-state index contributed by atoms with van der Waals surface area (Å²) < 4.78 is 0. The summed E-state index contributed by atoms with van der Waals surface area (Å²) in [6.07, 6.45) is 2.67. The molecule has 2 aromatic heterocycles. The van der Waals surface area contributed by atoms with E-state index < -0.39 is 0 Å². The van der Waals surface area contributed by atoms with Gasteiger partial charge in [-0.15, -0.1) is 11.3 Å². The van der Waals surface area contributed by atoms with Crippen LogP contribution in [0, 0.1) is 0 Å². The molecule has 3 N–H and O–H groups in total. The van der Waals surface area contributed by atoms with Crippen LogP contribution in [0.3, 0.4) is 0 Å². The molecule has 0 atom stereocenters. The molecule has 0 fully saturated rings. The number of hydrogen-bond donors (Lipinski definition) is 3. The first-order chi connectivity index (χ1) is 10.1. The van der Waals surface area contributed by atoms with Crippen molar-refractivity contribution in [3.63, 3.8) is 0 Å². The molecule has 0 aromatic carbocycles. The van der Waals surface area contributed by atoms with Crippen LogP contribution in [-0.4, -0.2) is 34.3 Å². The van der Waals surface area contributed by atoms with Gasteiger partial charge in [-0.1, -0.05) is 20.8 Å². The van der Waals surface area contributed by atoms with Crippen molar-refractivity contribution in [2.24, 2.45) is 0 Å². The summed E-state index contributed by atoms with van der Waals surface area (Å²) in [5, 5.41) is 17.3. The summed E-state index contributed by atoms with van der Waals surface area (Å²) in [7, 11) is 1.82. The van der Waals surface area contributed by atoms with Crippen LogP contribution in [0.2, 0.25) is 0 Å². The third kappa shape index (κ3) is 3.11. The lowest BCUT2D eigenvalue weighted by Crippen LogP contribution is -2.41. The Hall–Kier alpha value is -1.40. The smallest absolute Gasteiger partial charge is 0.225 e. The van der Waals surface area contributed by atoms with Crippen LogP contribution in [-0.2, 0) is 6.42 Å². The number of hydrogen-bond acceptors (Lipinski definition) is 6. The van der Waals surface area contributed by atoms with Crippen LogP contribution in [0.1, 0.15) is 38.5 Å². The van der Waals surface area contributed by atoms with Gasteiger partial charge in [0.15, 0.2) is 0 Å². The molecule has 2 aromatic rings. The van der Waals surface area contributed by atoms with Crippen molar-refractivity contribution in [1.29, 1.82) is 0 Å². The third-order valence-corrected chi connectivity index (χ3v) is 5.23. The molecule has 0 saturated heterocycles. The Kier molecular flexibility index (Phi) is 5.00. The van der Waals surface area contributed by atoms with Crippen LogP contribution >= 0.6 is 11.3 Å². The summed E-state index contributed by atoms with van der Waals surface area (Å²) in [5.74, 6) is 1.41. The van der Waals surface area contributed by atoms with Gasteiger partial charge in [0.2, 0.25) is 5.95 Å². The topological polar surface area (TPSA) is 70.1 Å². The fraction of sp³-hybridized carbons (Fsp3) is 0.600. The first-order valence-corrected chi connectivity index (χ1v) is 8.30.